The van der Waals surface area contributed by atoms with Gasteiger partial charge in [-0.1, -0.05) is 0 Å². The summed E-state index contributed by atoms with van der Waals surface area (Å²) in [6, 6.07) is 5.72. The van der Waals surface area contributed by atoms with Gasteiger partial charge in [-0.3, -0.25) is 4.98 Å². The van der Waals surface area contributed by atoms with E-state index >= 15 is 0 Å². The van der Waals surface area contributed by atoms with Crippen LogP contribution in [-0.4, -0.2) is 88.2 Å². The number of ether oxygens (including phenoxy) is 2. The maximum Gasteiger partial charge on any atom is 0.410 e. The van der Waals surface area contributed by atoms with Crippen LogP contribution < -0.4 is 10.2 Å². The highest BCUT2D eigenvalue weighted by molar-refractivity contribution is 5.69. The van der Waals surface area contributed by atoms with Crippen LogP contribution in [0.3, 0.4) is 0 Å². The molecule has 1 atom stereocenters. The molecule has 0 aliphatic carbocycles. The predicted octanol–water partition coefficient (Wildman–Crippen LogP) is 2.34. The summed E-state index contributed by atoms with van der Waals surface area (Å²) in [6.45, 7) is 10.2. The molecule has 0 radical (unpaired) electrons. The average molecular weight is 496 g/mol. The lowest BCUT2D eigenvalue weighted by Crippen LogP contribution is -2.46. The van der Waals surface area contributed by atoms with Crippen molar-refractivity contribution in [3.05, 3.63) is 29.6 Å². The standard InChI is InChI=1S/C25H33N7O4/c1-17-18(13-26)11-19(14-27-17)20-12-21(29-22(28-20)31-7-9-35-10-8-31)30-25(16-33)5-6-32(15-25)23(34)36-24(2,3)4/h11-12,14,33H,5-10,15-16H2,1-4H3,(H,28,29,30)/t25-/m0/s1. The molecule has 11 heteroatoms. The Morgan fingerprint density at radius 2 is 2.03 bits per heavy atom. The molecule has 2 saturated heterocycles. The largest absolute Gasteiger partial charge is 0.444 e. The summed E-state index contributed by atoms with van der Waals surface area (Å²) in [7, 11) is 0. The molecule has 2 aromatic rings. The number of anilines is 2. The van der Waals surface area contributed by atoms with E-state index in [1.165, 1.54) is 0 Å². The molecule has 0 saturated carbocycles. The zero-order valence-corrected chi connectivity index (χ0v) is 21.2. The molecule has 4 heterocycles. The maximum absolute atomic E-state index is 12.6. The van der Waals surface area contributed by atoms with Gasteiger partial charge < -0.3 is 29.7 Å². The predicted molar refractivity (Wildman–Crippen MR) is 134 cm³/mol. The van der Waals surface area contributed by atoms with Crippen LogP contribution in [0.4, 0.5) is 16.6 Å². The molecule has 2 N–H and O–H groups in total. The van der Waals surface area contributed by atoms with Crippen LogP contribution >= 0.6 is 0 Å². The summed E-state index contributed by atoms with van der Waals surface area (Å²) < 4.78 is 11.0. The second-order valence-electron chi connectivity index (χ2n) is 10.2. The fourth-order valence-electron chi connectivity index (χ4n) is 4.23. The molecular formula is C25H33N7O4. The van der Waals surface area contributed by atoms with E-state index < -0.39 is 17.2 Å². The number of likely N-dealkylation sites (tertiary alicyclic amines) is 1. The zero-order chi connectivity index (χ0) is 25.9. The first-order chi connectivity index (χ1) is 17.1. The molecule has 2 aliphatic heterocycles. The van der Waals surface area contributed by atoms with Gasteiger partial charge in [0.15, 0.2) is 0 Å². The number of hydrogen-bond donors (Lipinski definition) is 2. The average Bonchev–Trinajstić information content (AvgIpc) is 3.28. The Bertz CT molecular complexity index is 1150. The number of pyridine rings is 1. The van der Waals surface area contributed by atoms with Crippen LogP contribution in [0.15, 0.2) is 18.3 Å². The molecule has 192 valence electrons. The van der Waals surface area contributed by atoms with E-state index in [0.717, 1.165) is 0 Å². The van der Waals surface area contributed by atoms with Gasteiger partial charge in [0, 0.05) is 44.0 Å². The first-order valence-corrected chi connectivity index (χ1v) is 12.1. The third-order valence-electron chi connectivity index (χ3n) is 6.21. The van der Waals surface area contributed by atoms with E-state index in [4.69, 9.17) is 19.4 Å². The highest BCUT2D eigenvalue weighted by atomic mass is 16.6. The van der Waals surface area contributed by atoms with Gasteiger partial charge in [-0.05, 0) is 40.2 Å². The Kier molecular flexibility index (Phi) is 7.28. The first kappa shape index (κ1) is 25.6. The second kappa shape index (κ2) is 10.2. The summed E-state index contributed by atoms with van der Waals surface area (Å²) >= 11 is 0. The summed E-state index contributed by atoms with van der Waals surface area (Å²) in [5.74, 6) is 1.04. The number of rotatable bonds is 5. The van der Waals surface area contributed by atoms with Crippen molar-refractivity contribution in [2.45, 2.75) is 45.3 Å². The van der Waals surface area contributed by atoms with Gasteiger partial charge in [0.25, 0.3) is 0 Å². The van der Waals surface area contributed by atoms with Crippen LogP contribution in [0, 0.1) is 18.3 Å². The number of aliphatic hydroxyl groups is 1. The first-order valence-electron chi connectivity index (χ1n) is 12.1. The van der Waals surface area contributed by atoms with E-state index in [2.05, 4.69) is 16.4 Å². The van der Waals surface area contributed by atoms with Gasteiger partial charge in [-0.2, -0.15) is 10.2 Å². The lowest BCUT2D eigenvalue weighted by atomic mass is 10.00. The SMILES string of the molecule is Cc1ncc(-c2cc(N[C@@]3(CO)CCN(C(=O)OC(C)(C)C)C3)nc(N3CCOCC3)n2)cc1C#N. The van der Waals surface area contributed by atoms with Gasteiger partial charge >= 0.3 is 6.09 Å². The number of aliphatic hydroxyl groups excluding tert-OH is 1. The number of amides is 1. The topological polar surface area (TPSA) is 137 Å². The van der Waals surface area contributed by atoms with Gasteiger partial charge in [0.1, 0.15) is 17.5 Å². The van der Waals surface area contributed by atoms with E-state index in [1.54, 1.807) is 30.2 Å². The number of aryl methyl sites for hydroxylation is 1. The van der Waals surface area contributed by atoms with Crippen LogP contribution in [0.2, 0.25) is 0 Å². The lowest BCUT2D eigenvalue weighted by Gasteiger charge is -2.31. The molecule has 0 aromatic carbocycles. The monoisotopic (exact) mass is 495 g/mol. The number of nitrogens with one attached hydrogen (secondary N) is 1. The van der Waals surface area contributed by atoms with Crippen molar-refractivity contribution in [1.82, 2.24) is 19.9 Å². The van der Waals surface area contributed by atoms with Crippen LogP contribution in [-0.2, 0) is 9.47 Å². The number of carbonyl (C=O) groups excluding carboxylic acids is 1. The Balaban J connectivity index is 1.65. The third-order valence-corrected chi connectivity index (χ3v) is 6.21. The minimum atomic E-state index is -0.784. The van der Waals surface area contributed by atoms with Crippen molar-refractivity contribution in [3.8, 4) is 17.3 Å². The molecule has 0 unspecified atom stereocenters. The van der Waals surface area contributed by atoms with Gasteiger partial charge in [0.05, 0.1) is 42.3 Å². The smallest absolute Gasteiger partial charge is 0.410 e. The third kappa shape index (κ3) is 5.83. The molecule has 1 amide bonds. The van der Waals surface area contributed by atoms with E-state index in [9.17, 15) is 15.2 Å². The summed E-state index contributed by atoms with van der Waals surface area (Å²) in [6.07, 6.45) is 1.80. The van der Waals surface area contributed by atoms with E-state index in [1.807, 2.05) is 25.7 Å². The number of nitrogens with zero attached hydrogens (tertiary/aromatic N) is 6. The minimum absolute atomic E-state index is 0.191. The van der Waals surface area contributed by atoms with Crippen molar-refractivity contribution in [2.24, 2.45) is 0 Å². The van der Waals surface area contributed by atoms with Gasteiger partial charge in [-0.25, -0.2) is 9.78 Å². The maximum atomic E-state index is 12.6. The van der Waals surface area contributed by atoms with Gasteiger partial charge in [-0.15, -0.1) is 0 Å². The van der Waals surface area contributed by atoms with Crippen molar-refractivity contribution < 1.29 is 19.4 Å². The zero-order valence-electron chi connectivity index (χ0n) is 21.2. The number of hydrogen-bond acceptors (Lipinski definition) is 10. The molecule has 2 aromatic heterocycles. The Hall–Kier alpha value is -3.49. The molecule has 0 spiro atoms. The number of nitriles is 1. The number of morpholine rings is 1. The Morgan fingerprint density at radius 3 is 2.69 bits per heavy atom. The van der Waals surface area contributed by atoms with Crippen molar-refractivity contribution in [1.29, 1.82) is 5.26 Å². The molecular weight excluding hydrogens is 462 g/mol. The normalized spacial score (nSPS) is 20.2. The van der Waals surface area contributed by atoms with Crippen molar-refractivity contribution in [3.63, 3.8) is 0 Å². The van der Waals surface area contributed by atoms with Crippen molar-refractivity contribution >= 4 is 17.9 Å². The fraction of sp³-hybridized carbons (Fsp3) is 0.560. The molecule has 4 rings (SSSR count). The molecule has 36 heavy (non-hydrogen) atoms. The quantitative estimate of drug-likeness (QED) is 0.636. The van der Waals surface area contributed by atoms with Gasteiger partial charge in [0.2, 0.25) is 5.95 Å². The van der Waals surface area contributed by atoms with E-state index in [-0.39, 0.29) is 13.2 Å². The summed E-state index contributed by atoms with van der Waals surface area (Å²) in [5, 5.41) is 23.2. The lowest BCUT2D eigenvalue weighted by molar-refractivity contribution is 0.0281. The molecule has 2 fully saturated rings. The summed E-state index contributed by atoms with van der Waals surface area (Å²) in [5.41, 5.74) is 1.03. The van der Waals surface area contributed by atoms with Crippen molar-refractivity contribution in [2.75, 3.05) is 56.2 Å². The number of carbonyl (C=O) groups is 1. The van der Waals surface area contributed by atoms with E-state index in [0.29, 0.717) is 73.5 Å². The van der Waals surface area contributed by atoms with Crippen LogP contribution in [0.25, 0.3) is 11.3 Å². The Morgan fingerprint density at radius 1 is 1.28 bits per heavy atom. The molecule has 0 bridgehead atoms. The fourth-order valence-corrected chi connectivity index (χ4v) is 4.23. The Labute approximate surface area is 211 Å². The molecule has 2 aliphatic rings. The summed E-state index contributed by atoms with van der Waals surface area (Å²) in [4.78, 5) is 30.1. The minimum Gasteiger partial charge on any atom is -0.444 e. The molecule has 11 nitrogen and oxygen atoms in total. The highest BCUT2D eigenvalue weighted by Crippen LogP contribution is 2.30. The highest BCUT2D eigenvalue weighted by Gasteiger charge is 2.41. The van der Waals surface area contributed by atoms with Crippen LogP contribution in [0.1, 0.15) is 38.4 Å². The van der Waals surface area contributed by atoms with Crippen LogP contribution in [0.5, 0.6) is 0 Å². The number of aromatic nitrogens is 3. The second-order valence-corrected chi connectivity index (χ2v) is 10.2.